The highest BCUT2D eigenvalue weighted by Gasteiger charge is 2.43. The Balaban J connectivity index is 2.00. The minimum Gasteiger partial charge on any atom is -0.330 e. The van der Waals surface area contributed by atoms with Crippen molar-refractivity contribution in [2.75, 3.05) is 24.2 Å². The van der Waals surface area contributed by atoms with Crippen LogP contribution in [0, 0.1) is 0 Å². The third kappa shape index (κ3) is 1.67. The van der Waals surface area contributed by atoms with E-state index in [2.05, 4.69) is 18.2 Å². The minimum absolute atomic E-state index is 0.176. The molecule has 1 aromatic rings. The molecule has 1 aromatic carbocycles. The average Bonchev–Trinajstić information content (AvgIpc) is 3.15. The lowest BCUT2D eigenvalue weighted by molar-refractivity contribution is -0.116. The van der Waals surface area contributed by atoms with Gasteiger partial charge in [0.1, 0.15) is 0 Å². The van der Waals surface area contributed by atoms with Crippen molar-refractivity contribution in [3.63, 3.8) is 0 Å². The summed E-state index contributed by atoms with van der Waals surface area (Å²) in [5, 5.41) is 0. The SMILES string of the molecule is CN1C(=O)CSc2cc(C3(CN)CC3)ccc21. The maximum Gasteiger partial charge on any atom is 0.237 e. The van der Waals surface area contributed by atoms with Gasteiger partial charge in [0.15, 0.2) is 0 Å². The fraction of sp³-hybridized carbons (Fsp3) is 0.462. The second-order valence-electron chi connectivity index (χ2n) is 4.91. The molecule has 1 fully saturated rings. The van der Waals surface area contributed by atoms with Crippen LogP contribution in [0.15, 0.2) is 23.1 Å². The van der Waals surface area contributed by atoms with Crippen LogP contribution >= 0.6 is 11.8 Å². The Morgan fingerprint density at radius 2 is 2.24 bits per heavy atom. The molecule has 17 heavy (non-hydrogen) atoms. The topological polar surface area (TPSA) is 46.3 Å². The molecule has 1 heterocycles. The summed E-state index contributed by atoms with van der Waals surface area (Å²) in [6.45, 7) is 0.727. The summed E-state index contributed by atoms with van der Waals surface area (Å²) in [5.41, 5.74) is 8.46. The van der Waals surface area contributed by atoms with E-state index in [0.29, 0.717) is 5.75 Å². The molecule has 0 aromatic heterocycles. The van der Waals surface area contributed by atoms with E-state index in [1.807, 2.05) is 7.05 Å². The van der Waals surface area contributed by atoms with Crippen molar-refractivity contribution in [3.8, 4) is 0 Å². The number of thioether (sulfide) groups is 1. The van der Waals surface area contributed by atoms with E-state index >= 15 is 0 Å². The summed E-state index contributed by atoms with van der Waals surface area (Å²) in [4.78, 5) is 14.6. The Bertz CT molecular complexity index is 482. The van der Waals surface area contributed by atoms with Crippen LogP contribution < -0.4 is 10.6 Å². The van der Waals surface area contributed by atoms with Gasteiger partial charge in [-0.2, -0.15) is 0 Å². The highest BCUT2D eigenvalue weighted by Crippen LogP contribution is 2.49. The van der Waals surface area contributed by atoms with E-state index in [1.54, 1.807) is 16.7 Å². The summed E-state index contributed by atoms with van der Waals surface area (Å²) in [6, 6.07) is 6.42. The normalized spacial score (nSPS) is 21.3. The molecule has 3 rings (SSSR count). The smallest absolute Gasteiger partial charge is 0.237 e. The lowest BCUT2D eigenvalue weighted by atomic mass is 9.96. The first-order chi connectivity index (χ1) is 8.16. The number of anilines is 1. The molecule has 0 unspecified atom stereocenters. The molecule has 2 aliphatic rings. The number of hydrogen-bond donors (Lipinski definition) is 1. The van der Waals surface area contributed by atoms with Gasteiger partial charge in [0.2, 0.25) is 5.91 Å². The van der Waals surface area contributed by atoms with Crippen LogP contribution in [-0.2, 0) is 10.2 Å². The van der Waals surface area contributed by atoms with E-state index in [-0.39, 0.29) is 11.3 Å². The lowest BCUT2D eigenvalue weighted by Gasteiger charge is -2.26. The van der Waals surface area contributed by atoms with E-state index in [9.17, 15) is 4.79 Å². The quantitative estimate of drug-likeness (QED) is 0.867. The Labute approximate surface area is 105 Å². The van der Waals surface area contributed by atoms with Crippen molar-refractivity contribution < 1.29 is 4.79 Å². The number of amides is 1. The Morgan fingerprint density at radius 1 is 1.47 bits per heavy atom. The lowest BCUT2D eigenvalue weighted by Crippen LogP contribution is -2.31. The fourth-order valence-electron chi connectivity index (χ4n) is 2.37. The first kappa shape index (κ1) is 11.1. The zero-order chi connectivity index (χ0) is 12.0. The van der Waals surface area contributed by atoms with Gasteiger partial charge in [-0.05, 0) is 30.5 Å². The maximum absolute atomic E-state index is 11.6. The molecule has 4 heteroatoms. The van der Waals surface area contributed by atoms with Gasteiger partial charge in [-0.15, -0.1) is 11.8 Å². The molecule has 1 aliphatic heterocycles. The summed E-state index contributed by atoms with van der Waals surface area (Å²) >= 11 is 1.64. The van der Waals surface area contributed by atoms with Gasteiger partial charge in [-0.25, -0.2) is 0 Å². The summed E-state index contributed by atoms with van der Waals surface area (Å²) in [7, 11) is 1.84. The van der Waals surface area contributed by atoms with Crippen LogP contribution in [0.3, 0.4) is 0 Å². The van der Waals surface area contributed by atoms with Gasteiger partial charge < -0.3 is 10.6 Å². The molecule has 2 N–H and O–H groups in total. The van der Waals surface area contributed by atoms with E-state index in [0.717, 1.165) is 12.2 Å². The number of carbonyl (C=O) groups excluding carboxylic acids is 1. The molecule has 0 radical (unpaired) electrons. The van der Waals surface area contributed by atoms with Gasteiger partial charge in [0.25, 0.3) is 0 Å². The standard InChI is InChI=1S/C13H16N2OS/c1-15-10-3-2-9(13(8-14)4-5-13)6-11(10)17-7-12(15)16/h2-3,6H,4-5,7-8,14H2,1H3. The number of benzene rings is 1. The maximum atomic E-state index is 11.6. The first-order valence-electron chi connectivity index (χ1n) is 5.90. The molecular formula is C13H16N2OS. The van der Waals surface area contributed by atoms with Gasteiger partial charge in [0.05, 0.1) is 11.4 Å². The Hall–Kier alpha value is -1.00. The molecule has 1 saturated carbocycles. The number of nitrogens with two attached hydrogens (primary N) is 1. The molecule has 1 aliphatic carbocycles. The third-order valence-electron chi connectivity index (χ3n) is 3.90. The van der Waals surface area contributed by atoms with E-state index in [4.69, 9.17) is 5.73 Å². The Kier molecular flexibility index (Phi) is 2.45. The number of nitrogens with zero attached hydrogens (tertiary/aromatic N) is 1. The van der Waals surface area contributed by atoms with E-state index in [1.165, 1.54) is 23.3 Å². The molecule has 1 amide bonds. The van der Waals surface area contributed by atoms with Crippen molar-refractivity contribution in [1.29, 1.82) is 0 Å². The predicted octanol–water partition coefficient (Wildman–Crippen LogP) is 1.75. The molecule has 0 atom stereocenters. The second kappa shape index (κ2) is 3.75. The van der Waals surface area contributed by atoms with Crippen LogP contribution in [0.2, 0.25) is 0 Å². The Morgan fingerprint density at radius 3 is 2.88 bits per heavy atom. The number of hydrogen-bond acceptors (Lipinski definition) is 3. The van der Waals surface area contributed by atoms with Crippen molar-refractivity contribution in [1.82, 2.24) is 0 Å². The molecule has 0 spiro atoms. The molecule has 90 valence electrons. The van der Waals surface area contributed by atoms with Crippen molar-refractivity contribution in [2.45, 2.75) is 23.2 Å². The van der Waals surface area contributed by atoms with Crippen molar-refractivity contribution in [2.24, 2.45) is 5.73 Å². The second-order valence-corrected chi connectivity index (χ2v) is 5.93. The van der Waals surface area contributed by atoms with Crippen LogP contribution in [0.5, 0.6) is 0 Å². The largest absolute Gasteiger partial charge is 0.330 e. The molecular weight excluding hydrogens is 232 g/mol. The molecule has 0 bridgehead atoms. The van der Waals surface area contributed by atoms with Crippen molar-refractivity contribution >= 4 is 23.4 Å². The molecule has 3 nitrogen and oxygen atoms in total. The van der Waals surface area contributed by atoms with E-state index < -0.39 is 0 Å². The van der Waals surface area contributed by atoms with Crippen LogP contribution in [-0.4, -0.2) is 25.3 Å². The molecule has 0 saturated heterocycles. The third-order valence-corrected chi connectivity index (χ3v) is 4.93. The van der Waals surface area contributed by atoms with Gasteiger partial charge in [-0.1, -0.05) is 6.07 Å². The zero-order valence-corrected chi connectivity index (χ0v) is 10.7. The number of rotatable bonds is 2. The fourth-order valence-corrected chi connectivity index (χ4v) is 3.40. The zero-order valence-electron chi connectivity index (χ0n) is 9.90. The monoisotopic (exact) mass is 248 g/mol. The van der Waals surface area contributed by atoms with Crippen LogP contribution in [0.4, 0.5) is 5.69 Å². The average molecular weight is 248 g/mol. The van der Waals surface area contributed by atoms with Crippen molar-refractivity contribution in [3.05, 3.63) is 23.8 Å². The highest BCUT2D eigenvalue weighted by atomic mass is 32.2. The number of fused-ring (bicyclic) bond motifs is 1. The first-order valence-corrected chi connectivity index (χ1v) is 6.89. The summed E-state index contributed by atoms with van der Waals surface area (Å²) in [5.74, 6) is 0.720. The summed E-state index contributed by atoms with van der Waals surface area (Å²) < 4.78 is 0. The summed E-state index contributed by atoms with van der Waals surface area (Å²) in [6.07, 6.45) is 2.39. The van der Waals surface area contributed by atoms with Crippen LogP contribution in [0.1, 0.15) is 18.4 Å². The van der Waals surface area contributed by atoms with Crippen LogP contribution in [0.25, 0.3) is 0 Å². The highest BCUT2D eigenvalue weighted by molar-refractivity contribution is 8.00. The number of carbonyl (C=O) groups is 1. The van der Waals surface area contributed by atoms with Gasteiger partial charge in [0, 0.05) is 23.9 Å². The van der Waals surface area contributed by atoms with Gasteiger partial charge in [-0.3, -0.25) is 4.79 Å². The van der Waals surface area contributed by atoms with Gasteiger partial charge >= 0.3 is 0 Å². The minimum atomic E-state index is 0.176. The predicted molar refractivity (Wildman–Crippen MR) is 70.5 cm³/mol.